The van der Waals surface area contributed by atoms with Crippen LogP contribution in [-0.2, 0) is 6.42 Å². The number of piperidine rings is 1. The van der Waals surface area contributed by atoms with E-state index in [2.05, 4.69) is 28.0 Å². The quantitative estimate of drug-likeness (QED) is 0.701. The number of likely N-dealkylation sites (tertiary alicyclic amines) is 1. The third kappa shape index (κ3) is 4.37. The predicted molar refractivity (Wildman–Crippen MR) is 124 cm³/mol. The number of hydrogen-bond donors (Lipinski definition) is 1. The molecule has 7 heteroatoms. The van der Waals surface area contributed by atoms with Crippen LogP contribution in [0.15, 0.2) is 29.3 Å². The van der Waals surface area contributed by atoms with Crippen LogP contribution in [-0.4, -0.2) is 44.4 Å². The molecule has 1 aliphatic heterocycles. The molecule has 1 aliphatic rings. The molecule has 0 bridgehead atoms. The molecule has 4 heterocycles. The molecule has 0 aromatic carbocycles. The van der Waals surface area contributed by atoms with Crippen molar-refractivity contribution < 1.29 is 0 Å². The van der Waals surface area contributed by atoms with Crippen molar-refractivity contribution in [1.29, 1.82) is 0 Å². The van der Waals surface area contributed by atoms with Crippen molar-refractivity contribution in [3.63, 3.8) is 0 Å². The molecule has 0 radical (unpaired) electrons. The molecule has 0 saturated carbocycles. The molecule has 7 nitrogen and oxygen atoms in total. The summed E-state index contributed by atoms with van der Waals surface area (Å²) in [6, 6.07) is 3.67. The molecular formula is C24H30N6O. The molecule has 0 atom stereocenters. The SMILES string of the molecule is CCc1nc(C)cnc1C=C(N)c1cc(=O)n2cc(C3CCN(C)CC3)cc(C)c2n1. The van der Waals surface area contributed by atoms with Crippen molar-refractivity contribution in [2.24, 2.45) is 5.73 Å². The minimum absolute atomic E-state index is 0.125. The molecule has 3 aromatic rings. The van der Waals surface area contributed by atoms with Crippen LogP contribution >= 0.6 is 0 Å². The number of aryl methyl sites for hydroxylation is 3. The topological polar surface area (TPSA) is 89.4 Å². The molecule has 1 saturated heterocycles. The van der Waals surface area contributed by atoms with E-state index in [4.69, 9.17) is 10.7 Å². The first-order valence-electron chi connectivity index (χ1n) is 10.9. The van der Waals surface area contributed by atoms with Gasteiger partial charge in [0.1, 0.15) is 5.65 Å². The second-order valence-electron chi connectivity index (χ2n) is 8.50. The van der Waals surface area contributed by atoms with Crippen molar-refractivity contribution in [3.8, 4) is 0 Å². The summed E-state index contributed by atoms with van der Waals surface area (Å²) < 4.78 is 1.66. The monoisotopic (exact) mass is 418 g/mol. The van der Waals surface area contributed by atoms with Crippen LogP contribution < -0.4 is 11.3 Å². The maximum absolute atomic E-state index is 13.0. The molecule has 0 unspecified atom stereocenters. The number of nitrogens with two attached hydrogens (primary N) is 1. The van der Waals surface area contributed by atoms with Gasteiger partial charge in [-0.25, -0.2) is 4.98 Å². The smallest absolute Gasteiger partial charge is 0.258 e. The van der Waals surface area contributed by atoms with Gasteiger partial charge in [0.25, 0.3) is 5.56 Å². The van der Waals surface area contributed by atoms with E-state index in [1.807, 2.05) is 27.0 Å². The van der Waals surface area contributed by atoms with Gasteiger partial charge >= 0.3 is 0 Å². The Morgan fingerprint density at radius 3 is 2.68 bits per heavy atom. The van der Waals surface area contributed by atoms with E-state index >= 15 is 0 Å². The number of hydrogen-bond acceptors (Lipinski definition) is 6. The van der Waals surface area contributed by atoms with Gasteiger partial charge < -0.3 is 10.6 Å². The number of fused-ring (bicyclic) bond motifs is 1. The summed E-state index contributed by atoms with van der Waals surface area (Å²) in [6.45, 7) is 8.11. The minimum atomic E-state index is -0.125. The lowest BCUT2D eigenvalue weighted by Crippen LogP contribution is -2.29. The van der Waals surface area contributed by atoms with Crippen molar-refractivity contribution in [1.82, 2.24) is 24.3 Å². The Labute approximate surface area is 182 Å². The van der Waals surface area contributed by atoms with Crippen molar-refractivity contribution in [2.45, 2.75) is 46.0 Å². The fourth-order valence-electron chi connectivity index (χ4n) is 4.25. The number of pyridine rings is 1. The molecular weight excluding hydrogens is 388 g/mol. The Bertz CT molecular complexity index is 1200. The largest absolute Gasteiger partial charge is 0.397 e. The van der Waals surface area contributed by atoms with E-state index in [9.17, 15) is 4.79 Å². The fourth-order valence-corrected chi connectivity index (χ4v) is 4.25. The van der Waals surface area contributed by atoms with E-state index in [0.29, 0.717) is 28.6 Å². The van der Waals surface area contributed by atoms with Gasteiger partial charge in [0.2, 0.25) is 0 Å². The molecule has 3 aromatic heterocycles. The Hall–Kier alpha value is -3.06. The summed E-state index contributed by atoms with van der Waals surface area (Å²) >= 11 is 0. The number of rotatable bonds is 4. The third-order valence-electron chi connectivity index (χ3n) is 6.08. The van der Waals surface area contributed by atoms with E-state index in [1.54, 1.807) is 16.7 Å². The summed E-state index contributed by atoms with van der Waals surface area (Å²) in [7, 11) is 2.15. The Morgan fingerprint density at radius 1 is 1.23 bits per heavy atom. The third-order valence-corrected chi connectivity index (χ3v) is 6.08. The molecule has 1 fully saturated rings. The van der Waals surface area contributed by atoms with Gasteiger partial charge in [0.15, 0.2) is 0 Å². The molecule has 2 N–H and O–H groups in total. The average Bonchev–Trinajstić information content (AvgIpc) is 2.75. The molecule has 4 rings (SSSR count). The van der Waals surface area contributed by atoms with Gasteiger partial charge in [-0.15, -0.1) is 0 Å². The highest BCUT2D eigenvalue weighted by molar-refractivity contribution is 5.78. The van der Waals surface area contributed by atoms with Crippen molar-refractivity contribution in [3.05, 3.63) is 68.8 Å². The number of nitrogens with zero attached hydrogens (tertiary/aromatic N) is 5. The van der Waals surface area contributed by atoms with Crippen LogP contribution in [0.4, 0.5) is 0 Å². The standard InChI is InChI=1S/C24H30N6O/c1-5-20-22(26-13-16(3)27-20)11-19(25)21-12-23(31)30-14-18(10-15(2)24(30)28-21)17-6-8-29(4)9-7-17/h10-14,17H,5-9,25H2,1-4H3. The lowest BCUT2D eigenvalue weighted by Gasteiger charge is -2.29. The highest BCUT2D eigenvalue weighted by atomic mass is 16.1. The van der Waals surface area contributed by atoms with E-state index < -0.39 is 0 Å². The Balaban J connectivity index is 1.73. The lowest BCUT2D eigenvalue weighted by atomic mass is 9.90. The van der Waals surface area contributed by atoms with Crippen molar-refractivity contribution in [2.75, 3.05) is 20.1 Å². The lowest BCUT2D eigenvalue weighted by molar-refractivity contribution is 0.255. The maximum atomic E-state index is 13.0. The van der Waals surface area contributed by atoms with E-state index in [0.717, 1.165) is 49.3 Å². The van der Waals surface area contributed by atoms with Crippen LogP contribution in [0.1, 0.15) is 59.6 Å². The fraction of sp³-hybridized carbons (Fsp3) is 0.417. The van der Waals surface area contributed by atoms with E-state index in [1.165, 1.54) is 11.6 Å². The summed E-state index contributed by atoms with van der Waals surface area (Å²) in [5.74, 6) is 0.475. The maximum Gasteiger partial charge on any atom is 0.258 e. The van der Waals surface area contributed by atoms with Crippen LogP contribution in [0.25, 0.3) is 17.4 Å². The first kappa shape index (κ1) is 21.2. The Morgan fingerprint density at radius 2 is 1.97 bits per heavy atom. The molecule has 0 amide bonds. The summed E-state index contributed by atoms with van der Waals surface area (Å²) in [5, 5.41) is 0. The predicted octanol–water partition coefficient (Wildman–Crippen LogP) is 2.93. The van der Waals surface area contributed by atoms with Gasteiger partial charge in [-0.3, -0.25) is 19.2 Å². The summed E-state index contributed by atoms with van der Waals surface area (Å²) in [4.78, 5) is 29.0. The van der Waals surface area contributed by atoms with Crippen LogP contribution in [0, 0.1) is 13.8 Å². The second kappa shape index (κ2) is 8.59. The second-order valence-corrected chi connectivity index (χ2v) is 8.50. The zero-order valence-corrected chi connectivity index (χ0v) is 18.7. The van der Waals surface area contributed by atoms with Crippen LogP contribution in [0.3, 0.4) is 0 Å². The normalized spacial score (nSPS) is 16.2. The first-order valence-corrected chi connectivity index (χ1v) is 10.9. The minimum Gasteiger partial charge on any atom is -0.397 e. The van der Waals surface area contributed by atoms with Gasteiger partial charge in [-0.1, -0.05) is 13.0 Å². The van der Waals surface area contributed by atoms with Crippen LogP contribution in [0.5, 0.6) is 0 Å². The Kier molecular flexibility index (Phi) is 5.87. The molecule has 0 aliphatic carbocycles. The zero-order valence-electron chi connectivity index (χ0n) is 18.7. The van der Waals surface area contributed by atoms with Crippen LogP contribution in [0.2, 0.25) is 0 Å². The van der Waals surface area contributed by atoms with Gasteiger partial charge in [-0.05, 0) is 76.4 Å². The number of aromatic nitrogens is 4. The molecule has 31 heavy (non-hydrogen) atoms. The summed E-state index contributed by atoms with van der Waals surface area (Å²) in [6.07, 6.45) is 8.39. The summed E-state index contributed by atoms with van der Waals surface area (Å²) in [5.41, 5.74) is 12.4. The van der Waals surface area contributed by atoms with Crippen molar-refractivity contribution >= 4 is 17.4 Å². The van der Waals surface area contributed by atoms with E-state index in [-0.39, 0.29) is 5.56 Å². The molecule has 0 spiro atoms. The zero-order chi connectivity index (χ0) is 22.1. The van der Waals surface area contributed by atoms with Gasteiger partial charge in [0, 0.05) is 18.5 Å². The highest BCUT2D eigenvalue weighted by Gasteiger charge is 2.20. The van der Waals surface area contributed by atoms with Gasteiger partial charge in [0.05, 0.1) is 28.5 Å². The van der Waals surface area contributed by atoms with Gasteiger partial charge in [-0.2, -0.15) is 0 Å². The highest BCUT2D eigenvalue weighted by Crippen LogP contribution is 2.28. The first-order chi connectivity index (χ1) is 14.9. The average molecular weight is 419 g/mol. The molecule has 162 valence electrons.